The molecule has 7 heteroatoms. The third kappa shape index (κ3) is 6.49. The predicted octanol–water partition coefficient (Wildman–Crippen LogP) is 4.80. The number of nitrogens with zero attached hydrogens (tertiary/aromatic N) is 4. The van der Waals surface area contributed by atoms with Crippen molar-refractivity contribution in [1.82, 2.24) is 0 Å². The number of rotatable bonds is 6. The second kappa shape index (κ2) is 9.28. The Bertz CT molecular complexity index is 741. The molecule has 0 amide bonds. The van der Waals surface area contributed by atoms with E-state index in [2.05, 4.69) is 20.2 Å². The van der Waals surface area contributed by atoms with Crippen LogP contribution in [0.4, 0.5) is 11.4 Å². The second-order valence-electron chi connectivity index (χ2n) is 6.98. The number of halogens is 1. The summed E-state index contributed by atoms with van der Waals surface area (Å²) in [5.41, 5.74) is 12.3. The van der Waals surface area contributed by atoms with Crippen molar-refractivity contribution < 1.29 is 0 Å². The summed E-state index contributed by atoms with van der Waals surface area (Å²) in [5, 5.41) is 8.79. The van der Waals surface area contributed by atoms with Gasteiger partial charge in [0.2, 0.25) is 0 Å². The van der Waals surface area contributed by atoms with Crippen molar-refractivity contribution >= 4 is 35.5 Å². The van der Waals surface area contributed by atoms with E-state index in [1.807, 2.05) is 88.4 Å². The molecule has 144 valence electrons. The maximum atomic E-state index is 6.15. The summed E-state index contributed by atoms with van der Waals surface area (Å²) in [6.07, 6.45) is 0. The second-order valence-corrected chi connectivity index (χ2v) is 6.98. The minimum atomic E-state index is -0.764. The molecule has 0 heterocycles. The van der Waals surface area contributed by atoms with Crippen LogP contribution in [-0.4, -0.2) is 22.7 Å². The third-order valence-electron chi connectivity index (χ3n) is 3.82. The highest BCUT2D eigenvalue weighted by Crippen LogP contribution is 2.20. The molecule has 0 aliphatic rings. The molecule has 0 saturated carbocycles. The molecule has 27 heavy (non-hydrogen) atoms. The molecule has 0 radical (unpaired) electrons. The monoisotopic (exact) mass is 386 g/mol. The normalized spacial score (nSPS) is 13.5. The van der Waals surface area contributed by atoms with Gasteiger partial charge in [-0.3, -0.25) is 0 Å². The quantitative estimate of drug-likeness (QED) is 0.423. The standard InChI is InChI=1S/C20H26N6.ClH/c1-19(2,17(21)23-15-11-7-5-8-12-15)25-26-20(3,4)18(22)24-16-13-9-6-10-14-16;/h5-14H,1-4H3,(H2,21,23)(H2,22,24);1H. The zero-order valence-corrected chi connectivity index (χ0v) is 16.9. The third-order valence-corrected chi connectivity index (χ3v) is 3.82. The van der Waals surface area contributed by atoms with E-state index < -0.39 is 11.1 Å². The first-order valence-electron chi connectivity index (χ1n) is 8.44. The molecule has 2 aromatic carbocycles. The zero-order chi connectivity index (χ0) is 19.2. The summed E-state index contributed by atoms with van der Waals surface area (Å²) in [6, 6.07) is 19.0. The number of azo groups is 1. The summed E-state index contributed by atoms with van der Waals surface area (Å²) < 4.78 is 0. The van der Waals surface area contributed by atoms with Crippen LogP contribution in [0.5, 0.6) is 0 Å². The fourth-order valence-corrected chi connectivity index (χ4v) is 1.91. The lowest BCUT2D eigenvalue weighted by molar-refractivity contribution is 0.560. The molecule has 0 atom stereocenters. The number of hydrogen-bond acceptors (Lipinski definition) is 4. The lowest BCUT2D eigenvalue weighted by atomic mass is 10.0. The number of benzene rings is 2. The molecular weight excluding hydrogens is 360 g/mol. The van der Waals surface area contributed by atoms with E-state index in [1.54, 1.807) is 0 Å². The zero-order valence-electron chi connectivity index (χ0n) is 16.1. The topological polar surface area (TPSA) is 101 Å². The number of aliphatic imine (C=N–C) groups is 2. The lowest BCUT2D eigenvalue weighted by Crippen LogP contribution is -2.39. The van der Waals surface area contributed by atoms with Crippen LogP contribution < -0.4 is 11.5 Å². The Balaban J connectivity index is 0.00000364. The van der Waals surface area contributed by atoms with Gasteiger partial charge in [0.1, 0.15) is 22.7 Å². The Labute approximate surface area is 166 Å². The Hall–Kier alpha value is -2.73. The molecule has 2 rings (SSSR count). The molecule has 0 aliphatic heterocycles. The van der Waals surface area contributed by atoms with Gasteiger partial charge in [-0.15, -0.1) is 12.4 Å². The molecular formula is C20H27ClN6. The first-order valence-corrected chi connectivity index (χ1v) is 8.44. The van der Waals surface area contributed by atoms with Gasteiger partial charge in [0.25, 0.3) is 0 Å². The maximum Gasteiger partial charge on any atom is 0.133 e. The van der Waals surface area contributed by atoms with E-state index >= 15 is 0 Å². The average molecular weight is 387 g/mol. The van der Waals surface area contributed by atoms with E-state index in [-0.39, 0.29) is 12.4 Å². The fourth-order valence-electron chi connectivity index (χ4n) is 1.91. The Morgan fingerprint density at radius 3 is 1.22 bits per heavy atom. The van der Waals surface area contributed by atoms with Crippen LogP contribution in [0, 0.1) is 0 Å². The van der Waals surface area contributed by atoms with Gasteiger partial charge in [0.15, 0.2) is 0 Å². The number of para-hydroxylation sites is 2. The van der Waals surface area contributed by atoms with E-state index in [9.17, 15) is 0 Å². The Kier molecular flexibility index (Phi) is 7.67. The van der Waals surface area contributed by atoms with Crippen molar-refractivity contribution in [2.75, 3.05) is 0 Å². The van der Waals surface area contributed by atoms with Crippen molar-refractivity contribution in [3.63, 3.8) is 0 Å². The van der Waals surface area contributed by atoms with Gasteiger partial charge >= 0.3 is 0 Å². The molecule has 0 aromatic heterocycles. The van der Waals surface area contributed by atoms with Gasteiger partial charge in [0.05, 0.1) is 11.4 Å². The highest BCUT2D eigenvalue weighted by Gasteiger charge is 2.27. The Morgan fingerprint density at radius 1 is 0.630 bits per heavy atom. The van der Waals surface area contributed by atoms with Crippen molar-refractivity contribution in [2.24, 2.45) is 31.7 Å². The largest absolute Gasteiger partial charge is 0.385 e. The molecule has 0 aliphatic carbocycles. The number of nitrogens with two attached hydrogens (primary N) is 2. The van der Waals surface area contributed by atoms with Gasteiger partial charge in [-0.05, 0) is 52.0 Å². The molecule has 0 unspecified atom stereocenters. The van der Waals surface area contributed by atoms with Crippen molar-refractivity contribution in [3.05, 3.63) is 60.7 Å². The van der Waals surface area contributed by atoms with Crippen molar-refractivity contribution in [2.45, 2.75) is 38.8 Å². The molecule has 0 spiro atoms. The van der Waals surface area contributed by atoms with Crippen LogP contribution in [0.1, 0.15) is 27.7 Å². The molecule has 0 saturated heterocycles. The first kappa shape index (κ1) is 22.3. The van der Waals surface area contributed by atoms with E-state index in [4.69, 9.17) is 11.5 Å². The van der Waals surface area contributed by atoms with Crippen LogP contribution in [0.25, 0.3) is 0 Å². The SMILES string of the molecule is CC(C)(N=NC(C)(C)C(N)=Nc1ccccc1)C(N)=Nc1ccccc1.Cl. The maximum absolute atomic E-state index is 6.15. The molecule has 6 nitrogen and oxygen atoms in total. The first-order chi connectivity index (χ1) is 12.2. The summed E-state index contributed by atoms with van der Waals surface area (Å²) >= 11 is 0. The van der Waals surface area contributed by atoms with E-state index in [0.29, 0.717) is 11.7 Å². The van der Waals surface area contributed by atoms with Crippen LogP contribution in [-0.2, 0) is 0 Å². The van der Waals surface area contributed by atoms with E-state index in [1.165, 1.54) is 0 Å². The Morgan fingerprint density at radius 2 is 0.926 bits per heavy atom. The van der Waals surface area contributed by atoms with Crippen molar-refractivity contribution in [1.29, 1.82) is 0 Å². The lowest BCUT2D eigenvalue weighted by Gasteiger charge is -2.22. The summed E-state index contributed by atoms with van der Waals surface area (Å²) in [6.45, 7) is 7.44. The van der Waals surface area contributed by atoms with Crippen LogP contribution >= 0.6 is 12.4 Å². The van der Waals surface area contributed by atoms with Gasteiger partial charge in [-0.1, -0.05) is 36.4 Å². The smallest absolute Gasteiger partial charge is 0.133 e. The number of amidine groups is 2. The summed E-state index contributed by atoms with van der Waals surface area (Å²) in [5.74, 6) is 0.753. The van der Waals surface area contributed by atoms with Gasteiger partial charge in [-0.2, -0.15) is 10.2 Å². The summed E-state index contributed by atoms with van der Waals surface area (Å²) in [7, 11) is 0. The average Bonchev–Trinajstić information content (AvgIpc) is 2.62. The summed E-state index contributed by atoms with van der Waals surface area (Å²) in [4.78, 5) is 8.85. The van der Waals surface area contributed by atoms with Gasteiger partial charge in [-0.25, -0.2) is 9.98 Å². The van der Waals surface area contributed by atoms with Crippen LogP contribution in [0.15, 0.2) is 80.9 Å². The van der Waals surface area contributed by atoms with Crippen LogP contribution in [0.2, 0.25) is 0 Å². The van der Waals surface area contributed by atoms with Crippen LogP contribution in [0.3, 0.4) is 0 Å². The van der Waals surface area contributed by atoms with E-state index in [0.717, 1.165) is 11.4 Å². The van der Waals surface area contributed by atoms with Gasteiger partial charge < -0.3 is 11.5 Å². The van der Waals surface area contributed by atoms with Crippen molar-refractivity contribution in [3.8, 4) is 0 Å². The highest BCUT2D eigenvalue weighted by molar-refractivity contribution is 5.92. The minimum absolute atomic E-state index is 0. The van der Waals surface area contributed by atoms with Gasteiger partial charge in [0, 0.05) is 0 Å². The number of hydrogen-bond donors (Lipinski definition) is 2. The minimum Gasteiger partial charge on any atom is -0.385 e. The molecule has 4 N–H and O–H groups in total. The molecule has 0 fully saturated rings. The fraction of sp³-hybridized carbons (Fsp3) is 0.300. The molecule has 2 aromatic rings. The highest BCUT2D eigenvalue weighted by atomic mass is 35.5. The predicted molar refractivity (Wildman–Crippen MR) is 116 cm³/mol. The molecule has 0 bridgehead atoms.